The van der Waals surface area contributed by atoms with Crippen LogP contribution in [0.3, 0.4) is 0 Å². The molecule has 0 radical (unpaired) electrons. The molecule has 0 aliphatic carbocycles. The Balaban J connectivity index is 2.10. The van der Waals surface area contributed by atoms with Crippen molar-refractivity contribution in [2.24, 2.45) is 5.92 Å². The number of nitrogens with zero attached hydrogens (tertiary/aromatic N) is 1. The smallest absolute Gasteiger partial charge is 0.0642 e. The molecule has 0 saturated carbocycles. The molecule has 1 fully saturated rings. The second kappa shape index (κ2) is 7.16. The summed E-state index contributed by atoms with van der Waals surface area (Å²) in [6.45, 7) is 5.45. The molecule has 1 aliphatic rings. The van der Waals surface area contributed by atoms with Gasteiger partial charge in [-0.25, -0.2) is 0 Å². The Morgan fingerprint density at radius 1 is 1.32 bits per heavy atom. The molecule has 0 atom stereocenters. The van der Waals surface area contributed by atoms with Gasteiger partial charge in [0.25, 0.3) is 0 Å². The lowest BCUT2D eigenvalue weighted by molar-refractivity contribution is 0.378. The van der Waals surface area contributed by atoms with E-state index >= 15 is 0 Å². The number of hydrogen-bond acceptors (Lipinski definition) is 2. The van der Waals surface area contributed by atoms with Crippen LogP contribution in [0.2, 0.25) is 5.02 Å². The quantitative estimate of drug-likeness (QED) is 0.874. The van der Waals surface area contributed by atoms with E-state index in [1.165, 1.54) is 36.9 Å². The summed E-state index contributed by atoms with van der Waals surface area (Å²) in [5.41, 5.74) is 2.55. The first-order valence-corrected chi connectivity index (χ1v) is 7.81. The molecule has 0 bridgehead atoms. The zero-order chi connectivity index (χ0) is 13.7. The molecule has 1 aliphatic heterocycles. The maximum atomic E-state index is 6.43. The highest BCUT2D eigenvalue weighted by Crippen LogP contribution is 2.33. The van der Waals surface area contributed by atoms with Crippen LogP contribution in [0.15, 0.2) is 18.2 Å². The van der Waals surface area contributed by atoms with E-state index in [0.29, 0.717) is 0 Å². The summed E-state index contributed by atoms with van der Waals surface area (Å²) in [5.74, 6) is 0.913. The third-order valence-electron chi connectivity index (χ3n) is 4.07. The van der Waals surface area contributed by atoms with Crippen molar-refractivity contribution in [1.82, 2.24) is 5.32 Å². The average Bonchev–Trinajstić information content (AvgIpc) is 2.41. The van der Waals surface area contributed by atoms with Gasteiger partial charge in [-0.05, 0) is 37.4 Å². The predicted molar refractivity (Wildman–Crippen MR) is 84.1 cm³/mol. The SMILES string of the molecule is CCCC1CCN(c2c(Cl)cccc2CNC)CC1. The molecule has 0 unspecified atom stereocenters. The lowest BCUT2D eigenvalue weighted by Crippen LogP contribution is -2.34. The maximum Gasteiger partial charge on any atom is 0.0642 e. The summed E-state index contributed by atoms with van der Waals surface area (Å²) in [6, 6.07) is 6.23. The molecule has 0 aromatic heterocycles. The molecule has 2 rings (SSSR count). The van der Waals surface area contributed by atoms with E-state index in [-0.39, 0.29) is 0 Å². The molecule has 0 amide bonds. The van der Waals surface area contributed by atoms with Crippen LogP contribution in [-0.4, -0.2) is 20.1 Å². The highest BCUT2D eigenvalue weighted by Gasteiger charge is 2.21. The van der Waals surface area contributed by atoms with E-state index in [2.05, 4.69) is 23.2 Å². The third-order valence-corrected chi connectivity index (χ3v) is 4.37. The van der Waals surface area contributed by atoms with Gasteiger partial charge in [-0.15, -0.1) is 0 Å². The maximum absolute atomic E-state index is 6.43. The Morgan fingerprint density at radius 2 is 2.05 bits per heavy atom. The predicted octanol–water partition coefficient (Wildman–Crippen LogP) is 4.08. The molecular weight excluding hydrogens is 256 g/mol. The summed E-state index contributed by atoms with van der Waals surface area (Å²) in [7, 11) is 1.98. The van der Waals surface area contributed by atoms with Crippen molar-refractivity contribution in [3.8, 4) is 0 Å². The Bertz CT molecular complexity index is 398. The Hall–Kier alpha value is -0.730. The van der Waals surface area contributed by atoms with Gasteiger partial charge in [0.1, 0.15) is 0 Å². The van der Waals surface area contributed by atoms with E-state index < -0.39 is 0 Å². The normalized spacial score (nSPS) is 16.9. The highest BCUT2D eigenvalue weighted by atomic mass is 35.5. The molecule has 1 saturated heterocycles. The number of piperidine rings is 1. The van der Waals surface area contributed by atoms with Crippen molar-refractivity contribution in [3.63, 3.8) is 0 Å². The summed E-state index contributed by atoms with van der Waals surface area (Å²) in [4.78, 5) is 2.47. The molecule has 3 heteroatoms. The number of para-hydroxylation sites is 1. The minimum absolute atomic E-state index is 0.880. The van der Waals surface area contributed by atoms with Crippen molar-refractivity contribution < 1.29 is 0 Å². The molecule has 1 heterocycles. The van der Waals surface area contributed by atoms with Crippen molar-refractivity contribution in [2.45, 2.75) is 39.2 Å². The van der Waals surface area contributed by atoms with Gasteiger partial charge in [0.15, 0.2) is 0 Å². The number of benzene rings is 1. The molecular formula is C16H25ClN2. The van der Waals surface area contributed by atoms with Gasteiger partial charge in [0, 0.05) is 19.6 Å². The fraction of sp³-hybridized carbons (Fsp3) is 0.625. The van der Waals surface area contributed by atoms with Crippen molar-refractivity contribution in [3.05, 3.63) is 28.8 Å². The topological polar surface area (TPSA) is 15.3 Å². The Labute approximate surface area is 122 Å². The number of anilines is 1. The van der Waals surface area contributed by atoms with E-state index in [4.69, 9.17) is 11.6 Å². The lowest BCUT2D eigenvalue weighted by Gasteiger charge is -2.35. The molecule has 106 valence electrons. The molecule has 1 N–H and O–H groups in total. The zero-order valence-electron chi connectivity index (χ0n) is 12.1. The highest BCUT2D eigenvalue weighted by molar-refractivity contribution is 6.33. The van der Waals surface area contributed by atoms with Crippen molar-refractivity contribution >= 4 is 17.3 Å². The first kappa shape index (κ1) is 14.7. The summed E-state index contributed by atoms with van der Waals surface area (Å²) in [6.07, 6.45) is 5.29. The first-order chi connectivity index (χ1) is 9.26. The van der Waals surface area contributed by atoms with Gasteiger partial charge in [0.2, 0.25) is 0 Å². The van der Waals surface area contributed by atoms with Gasteiger partial charge in [-0.3, -0.25) is 0 Å². The zero-order valence-corrected chi connectivity index (χ0v) is 12.8. The lowest BCUT2D eigenvalue weighted by atomic mass is 9.92. The number of rotatable bonds is 5. The van der Waals surface area contributed by atoms with Crippen molar-refractivity contribution in [1.29, 1.82) is 0 Å². The molecule has 19 heavy (non-hydrogen) atoms. The van der Waals surface area contributed by atoms with Gasteiger partial charge in [0.05, 0.1) is 10.7 Å². The van der Waals surface area contributed by atoms with E-state index in [9.17, 15) is 0 Å². The summed E-state index contributed by atoms with van der Waals surface area (Å²) < 4.78 is 0. The fourth-order valence-corrected chi connectivity index (χ4v) is 3.41. The standard InChI is InChI=1S/C16H25ClN2/c1-3-5-13-8-10-19(11-9-13)16-14(12-18-2)6-4-7-15(16)17/h4,6-7,13,18H,3,5,8-12H2,1-2H3. The van der Waals surface area contributed by atoms with Gasteiger partial charge in [-0.2, -0.15) is 0 Å². The second-order valence-corrected chi connectivity index (χ2v) is 5.90. The van der Waals surface area contributed by atoms with E-state index in [1.54, 1.807) is 0 Å². The van der Waals surface area contributed by atoms with E-state index in [0.717, 1.165) is 30.6 Å². The van der Waals surface area contributed by atoms with Crippen LogP contribution in [0, 0.1) is 5.92 Å². The van der Waals surface area contributed by atoms with E-state index in [1.807, 2.05) is 19.2 Å². The average molecular weight is 281 g/mol. The largest absolute Gasteiger partial charge is 0.370 e. The van der Waals surface area contributed by atoms with Crippen LogP contribution in [0.25, 0.3) is 0 Å². The number of halogens is 1. The summed E-state index contributed by atoms with van der Waals surface area (Å²) >= 11 is 6.43. The van der Waals surface area contributed by atoms with Gasteiger partial charge >= 0.3 is 0 Å². The minimum Gasteiger partial charge on any atom is -0.370 e. The minimum atomic E-state index is 0.880. The van der Waals surface area contributed by atoms with Crippen LogP contribution < -0.4 is 10.2 Å². The van der Waals surface area contributed by atoms with Crippen molar-refractivity contribution in [2.75, 3.05) is 25.0 Å². The molecule has 1 aromatic carbocycles. The molecule has 0 spiro atoms. The van der Waals surface area contributed by atoms with Crippen LogP contribution in [0.4, 0.5) is 5.69 Å². The second-order valence-electron chi connectivity index (χ2n) is 5.50. The van der Waals surface area contributed by atoms with Crippen LogP contribution in [0.5, 0.6) is 0 Å². The monoisotopic (exact) mass is 280 g/mol. The van der Waals surface area contributed by atoms with Crippen LogP contribution in [-0.2, 0) is 6.54 Å². The summed E-state index contributed by atoms with van der Waals surface area (Å²) in [5, 5.41) is 4.12. The molecule has 1 aromatic rings. The third kappa shape index (κ3) is 3.64. The fourth-order valence-electron chi connectivity index (χ4n) is 3.10. The Morgan fingerprint density at radius 3 is 2.68 bits per heavy atom. The number of hydrogen-bond donors (Lipinski definition) is 1. The van der Waals surface area contributed by atoms with Gasteiger partial charge < -0.3 is 10.2 Å². The first-order valence-electron chi connectivity index (χ1n) is 7.43. The Kier molecular flexibility index (Phi) is 5.53. The van der Waals surface area contributed by atoms with Crippen LogP contribution in [0.1, 0.15) is 38.2 Å². The van der Waals surface area contributed by atoms with Gasteiger partial charge in [-0.1, -0.05) is 43.5 Å². The van der Waals surface area contributed by atoms with Crippen LogP contribution >= 0.6 is 11.6 Å². The number of nitrogens with one attached hydrogen (secondary N) is 1. The molecule has 2 nitrogen and oxygen atoms in total.